The molecule has 0 radical (unpaired) electrons. The highest BCUT2D eigenvalue weighted by atomic mass is 35.5. The summed E-state index contributed by atoms with van der Waals surface area (Å²) < 4.78 is 7.99. The van der Waals surface area contributed by atoms with Gasteiger partial charge in [0.1, 0.15) is 11.4 Å². The lowest BCUT2D eigenvalue weighted by atomic mass is 10.1. The molecule has 168 valence electrons. The third-order valence-electron chi connectivity index (χ3n) is 5.52. The van der Waals surface area contributed by atoms with E-state index < -0.39 is 0 Å². The van der Waals surface area contributed by atoms with Crippen LogP contribution in [-0.4, -0.2) is 33.8 Å². The number of nitrogens with zero attached hydrogens (tertiary/aromatic N) is 3. The standard InChI is InChI=1S/C25H29ClN4O2/c1-3-15-27-25(31)30(16-18-13-14-18)17-20-23(19-9-5-4-6-10-19)28-29(2)24(20)32-22-12-8-7-11-21(22)26/h4-12,18H,3,13-17H2,1-2H3,(H,27,31). The third-order valence-corrected chi connectivity index (χ3v) is 5.83. The van der Waals surface area contributed by atoms with Gasteiger partial charge in [-0.3, -0.25) is 0 Å². The van der Waals surface area contributed by atoms with Gasteiger partial charge in [-0.15, -0.1) is 0 Å². The number of nitrogens with one attached hydrogen (secondary N) is 1. The van der Waals surface area contributed by atoms with Crippen molar-refractivity contribution in [1.29, 1.82) is 0 Å². The molecular weight excluding hydrogens is 424 g/mol. The van der Waals surface area contributed by atoms with Gasteiger partial charge in [-0.25, -0.2) is 9.48 Å². The Hall–Kier alpha value is -2.99. The van der Waals surface area contributed by atoms with E-state index in [1.165, 1.54) is 12.8 Å². The average molecular weight is 453 g/mol. The van der Waals surface area contributed by atoms with Crippen molar-refractivity contribution in [3.8, 4) is 22.9 Å². The van der Waals surface area contributed by atoms with Crippen LogP contribution in [-0.2, 0) is 13.6 Å². The van der Waals surface area contributed by atoms with Gasteiger partial charge < -0.3 is 15.0 Å². The predicted octanol–water partition coefficient (Wildman–Crippen LogP) is 5.86. The predicted molar refractivity (Wildman–Crippen MR) is 127 cm³/mol. The van der Waals surface area contributed by atoms with Crippen LogP contribution in [0.1, 0.15) is 31.7 Å². The lowest BCUT2D eigenvalue weighted by Gasteiger charge is -2.24. The van der Waals surface area contributed by atoms with Crippen molar-refractivity contribution in [2.75, 3.05) is 13.1 Å². The van der Waals surface area contributed by atoms with Crippen molar-refractivity contribution in [2.45, 2.75) is 32.7 Å². The maximum absolute atomic E-state index is 13.0. The van der Waals surface area contributed by atoms with E-state index in [4.69, 9.17) is 21.4 Å². The molecule has 7 heteroatoms. The molecule has 0 spiro atoms. The molecule has 1 fully saturated rings. The quantitative estimate of drug-likeness (QED) is 0.442. The van der Waals surface area contributed by atoms with E-state index in [0.29, 0.717) is 35.7 Å². The van der Waals surface area contributed by atoms with Crippen molar-refractivity contribution < 1.29 is 9.53 Å². The summed E-state index contributed by atoms with van der Waals surface area (Å²) in [5.41, 5.74) is 2.65. The van der Waals surface area contributed by atoms with E-state index >= 15 is 0 Å². The Morgan fingerprint density at radius 1 is 1.19 bits per heavy atom. The molecule has 2 amide bonds. The number of hydrogen-bond acceptors (Lipinski definition) is 3. The topological polar surface area (TPSA) is 59.4 Å². The molecule has 2 aromatic carbocycles. The highest BCUT2D eigenvalue weighted by Crippen LogP contribution is 2.37. The second-order valence-electron chi connectivity index (χ2n) is 8.21. The van der Waals surface area contributed by atoms with Crippen LogP contribution < -0.4 is 10.1 Å². The first-order chi connectivity index (χ1) is 15.6. The monoisotopic (exact) mass is 452 g/mol. The second kappa shape index (κ2) is 10.1. The van der Waals surface area contributed by atoms with Crippen LogP contribution >= 0.6 is 11.6 Å². The Kier molecular flexibility index (Phi) is 7.00. The van der Waals surface area contributed by atoms with Crippen LogP contribution in [0, 0.1) is 5.92 Å². The van der Waals surface area contributed by atoms with Gasteiger partial charge in [0.05, 0.1) is 17.1 Å². The van der Waals surface area contributed by atoms with Crippen LogP contribution in [0.25, 0.3) is 11.3 Å². The van der Waals surface area contributed by atoms with E-state index in [9.17, 15) is 4.79 Å². The number of aryl methyl sites for hydroxylation is 1. The fraction of sp³-hybridized carbons (Fsp3) is 0.360. The third kappa shape index (κ3) is 5.25. The highest BCUT2D eigenvalue weighted by Gasteiger charge is 2.30. The van der Waals surface area contributed by atoms with Crippen molar-refractivity contribution in [2.24, 2.45) is 13.0 Å². The van der Waals surface area contributed by atoms with E-state index in [1.54, 1.807) is 10.7 Å². The molecule has 1 N–H and O–H groups in total. The fourth-order valence-electron chi connectivity index (χ4n) is 3.65. The maximum Gasteiger partial charge on any atom is 0.317 e. The van der Waals surface area contributed by atoms with Gasteiger partial charge >= 0.3 is 6.03 Å². The zero-order chi connectivity index (χ0) is 22.5. The molecule has 6 nitrogen and oxygen atoms in total. The Morgan fingerprint density at radius 2 is 1.91 bits per heavy atom. The molecule has 0 atom stereocenters. The Morgan fingerprint density at radius 3 is 2.59 bits per heavy atom. The first-order valence-electron chi connectivity index (χ1n) is 11.1. The van der Waals surface area contributed by atoms with Crippen LogP contribution in [0.5, 0.6) is 11.6 Å². The molecule has 1 aromatic heterocycles. The highest BCUT2D eigenvalue weighted by molar-refractivity contribution is 6.32. The van der Waals surface area contributed by atoms with Crippen molar-refractivity contribution in [3.05, 3.63) is 65.2 Å². The minimum Gasteiger partial charge on any atom is -0.437 e. The number of rotatable bonds is 9. The molecule has 1 heterocycles. The summed E-state index contributed by atoms with van der Waals surface area (Å²) in [6.45, 7) is 3.84. The summed E-state index contributed by atoms with van der Waals surface area (Å²) >= 11 is 6.36. The second-order valence-corrected chi connectivity index (χ2v) is 8.62. The number of urea groups is 1. The first-order valence-corrected chi connectivity index (χ1v) is 11.5. The average Bonchev–Trinajstić information content (AvgIpc) is 3.58. The van der Waals surface area contributed by atoms with Crippen LogP contribution in [0.3, 0.4) is 0 Å². The van der Waals surface area contributed by atoms with Crippen LogP contribution in [0.2, 0.25) is 5.02 Å². The van der Waals surface area contributed by atoms with E-state index in [0.717, 1.165) is 29.8 Å². The van der Waals surface area contributed by atoms with E-state index in [1.807, 2.05) is 60.5 Å². The SMILES string of the molecule is CCCNC(=O)N(Cc1c(-c2ccccc2)nn(C)c1Oc1ccccc1Cl)CC1CC1. The minimum absolute atomic E-state index is 0.0506. The molecule has 0 unspecified atom stereocenters. The van der Waals surface area contributed by atoms with Gasteiger partial charge in [-0.1, -0.05) is 61.0 Å². The Bertz CT molecular complexity index is 1060. The molecular formula is C25H29ClN4O2. The molecule has 0 bridgehead atoms. The fourth-order valence-corrected chi connectivity index (χ4v) is 3.82. The number of amides is 2. The number of carbonyl (C=O) groups is 1. The first kappa shape index (κ1) is 22.2. The maximum atomic E-state index is 13.0. The molecule has 1 aliphatic carbocycles. The molecule has 0 aliphatic heterocycles. The lowest BCUT2D eigenvalue weighted by Crippen LogP contribution is -2.41. The largest absolute Gasteiger partial charge is 0.437 e. The number of aromatic nitrogens is 2. The van der Waals surface area contributed by atoms with Gasteiger partial charge in [0, 0.05) is 25.7 Å². The summed E-state index contributed by atoms with van der Waals surface area (Å²) in [6, 6.07) is 17.3. The molecule has 4 rings (SSSR count). The molecule has 1 saturated carbocycles. The van der Waals surface area contributed by atoms with Gasteiger partial charge in [-0.05, 0) is 37.3 Å². The van der Waals surface area contributed by atoms with Gasteiger partial charge in [0.15, 0.2) is 0 Å². The number of carbonyl (C=O) groups excluding carboxylic acids is 1. The zero-order valence-electron chi connectivity index (χ0n) is 18.6. The molecule has 32 heavy (non-hydrogen) atoms. The summed E-state index contributed by atoms with van der Waals surface area (Å²) in [5.74, 6) is 1.70. The lowest BCUT2D eigenvalue weighted by molar-refractivity contribution is 0.192. The Labute approximate surface area is 194 Å². The Balaban J connectivity index is 1.72. The molecule has 1 aliphatic rings. The molecule has 0 saturated heterocycles. The number of hydrogen-bond donors (Lipinski definition) is 1. The summed E-state index contributed by atoms with van der Waals surface area (Å²) in [6.07, 6.45) is 3.23. The minimum atomic E-state index is -0.0506. The van der Waals surface area contributed by atoms with E-state index in [2.05, 4.69) is 12.2 Å². The van der Waals surface area contributed by atoms with E-state index in [-0.39, 0.29) is 6.03 Å². The van der Waals surface area contributed by atoms with Crippen LogP contribution in [0.4, 0.5) is 4.79 Å². The molecule has 3 aromatic rings. The van der Waals surface area contributed by atoms with Crippen molar-refractivity contribution in [1.82, 2.24) is 20.0 Å². The van der Waals surface area contributed by atoms with Crippen LogP contribution in [0.15, 0.2) is 54.6 Å². The number of ether oxygens (including phenoxy) is 1. The van der Waals surface area contributed by atoms with Gasteiger partial charge in [-0.2, -0.15) is 5.10 Å². The number of benzene rings is 2. The van der Waals surface area contributed by atoms with Gasteiger partial charge in [0.25, 0.3) is 0 Å². The summed E-state index contributed by atoms with van der Waals surface area (Å²) in [4.78, 5) is 14.9. The zero-order valence-corrected chi connectivity index (χ0v) is 19.3. The smallest absolute Gasteiger partial charge is 0.317 e. The summed E-state index contributed by atoms with van der Waals surface area (Å²) in [7, 11) is 1.85. The van der Waals surface area contributed by atoms with Crippen molar-refractivity contribution >= 4 is 17.6 Å². The number of para-hydroxylation sites is 1. The summed E-state index contributed by atoms with van der Waals surface area (Å²) in [5, 5.41) is 8.32. The normalized spacial score (nSPS) is 13.1. The number of halogens is 1. The van der Waals surface area contributed by atoms with Gasteiger partial charge in [0.2, 0.25) is 5.88 Å². The van der Waals surface area contributed by atoms with Crippen molar-refractivity contribution in [3.63, 3.8) is 0 Å².